The molecule has 0 unspecified atom stereocenters. The highest BCUT2D eigenvalue weighted by Crippen LogP contribution is 2.13. The molecule has 12 heavy (non-hydrogen) atoms. The third kappa shape index (κ3) is 3.96. The summed E-state index contributed by atoms with van der Waals surface area (Å²) >= 11 is 4.39. The predicted molar refractivity (Wildman–Crippen MR) is 39.0 cm³/mol. The van der Waals surface area contributed by atoms with E-state index in [9.17, 15) is 18.0 Å². The molecule has 70 valence electrons. The molecule has 0 rings (SSSR count). The van der Waals surface area contributed by atoms with E-state index in [4.69, 9.17) is 0 Å². The number of nitrogens with one attached hydrogen (secondary N) is 3. The maximum atomic E-state index is 11.5. The van der Waals surface area contributed by atoms with Crippen LogP contribution in [0.15, 0.2) is 0 Å². The summed E-state index contributed by atoms with van der Waals surface area (Å²) in [5, 5.41) is 2.21. The first-order valence-electron chi connectivity index (χ1n) is 2.73. The fourth-order valence-corrected chi connectivity index (χ4v) is 0.298. The number of rotatable bonds is 0. The van der Waals surface area contributed by atoms with E-state index < -0.39 is 12.1 Å². The lowest BCUT2D eigenvalue weighted by atomic mass is 10.6. The van der Waals surface area contributed by atoms with Crippen LogP contribution in [-0.2, 0) is 4.79 Å². The topological polar surface area (TPSA) is 53.2 Å². The average molecular weight is 201 g/mol. The van der Waals surface area contributed by atoms with Gasteiger partial charge in [0.05, 0.1) is 0 Å². The number of carbonyl (C=O) groups is 1. The van der Waals surface area contributed by atoms with Gasteiger partial charge in [-0.25, -0.2) is 0 Å². The van der Waals surface area contributed by atoms with E-state index >= 15 is 0 Å². The van der Waals surface area contributed by atoms with E-state index in [1.54, 1.807) is 0 Å². The zero-order valence-electron chi connectivity index (χ0n) is 5.95. The van der Waals surface area contributed by atoms with Crippen molar-refractivity contribution in [3.05, 3.63) is 0 Å². The van der Waals surface area contributed by atoms with Gasteiger partial charge in [0.15, 0.2) is 5.11 Å². The number of halogens is 3. The van der Waals surface area contributed by atoms with Crippen molar-refractivity contribution in [3.63, 3.8) is 0 Å². The molecule has 1 amide bonds. The maximum Gasteiger partial charge on any atom is 0.472 e. The van der Waals surface area contributed by atoms with E-state index in [2.05, 4.69) is 17.5 Å². The fraction of sp³-hybridized carbons (Fsp3) is 0.500. The summed E-state index contributed by atoms with van der Waals surface area (Å²) in [6, 6.07) is 0. The number of hydrogen-bond acceptors (Lipinski definition) is 2. The van der Waals surface area contributed by atoms with Crippen LogP contribution in [0.3, 0.4) is 0 Å². The van der Waals surface area contributed by atoms with Crippen LogP contribution >= 0.6 is 12.2 Å². The number of alkyl halides is 3. The molecule has 0 atom stereocenters. The van der Waals surface area contributed by atoms with E-state index in [1.165, 1.54) is 12.5 Å². The standard InChI is InChI=1S/C4H6F3N3OS/c1-8-3(12)10-9-2(11)4(5,6)7/h1H3,(H,9,11)(H2,8,10,12). The van der Waals surface area contributed by atoms with Crippen molar-refractivity contribution >= 4 is 23.2 Å². The summed E-state index contributed by atoms with van der Waals surface area (Å²) in [5.41, 5.74) is 3.20. The highest BCUT2D eigenvalue weighted by molar-refractivity contribution is 7.80. The van der Waals surface area contributed by atoms with E-state index in [-0.39, 0.29) is 5.11 Å². The molecule has 0 saturated carbocycles. The van der Waals surface area contributed by atoms with Gasteiger partial charge in [-0.15, -0.1) is 0 Å². The summed E-state index contributed by atoms with van der Waals surface area (Å²) in [6.45, 7) is 0. The second kappa shape index (κ2) is 4.10. The van der Waals surface area contributed by atoms with Gasteiger partial charge in [-0.1, -0.05) is 0 Å². The van der Waals surface area contributed by atoms with Gasteiger partial charge < -0.3 is 5.32 Å². The van der Waals surface area contributed by atoms with Crippen molar-refractivity contribution in [2.75, 3.05) is 7.05 Å². The first-order chi connectivity index (χ1) is 5.38. The van der Waals surface area contributed by atoms with Gasteiger partial charge in [-0.3, -0.25) is 15.6 Å². The molecule has 0 saturated heterocycles. The van der Waals surface area contributed by atoms with E-state index in [0.717, 1.165) is 0 Å². The Kier molecular flexibility index (Phi) is 3.74. The molecule has 0 aromatic heterocycles. The minimum atomic E-state index is -4.91. The second-order valence-corrected chi connectivity index (χ2v) is 2.06. The zero-order chi connectivity index (χ0) is 9.78. The molecule has 0 fully saturated rings. The van der Waals surface area contributed by atoms with Crippen LogP contribution in [0.25, 0.3) is 0 Å². The number of amides is 1. The summed E-state index contributed by atoms with van der Waals surface area (Å²) in [6.07, 6.45) is -4.91. The molecule has 0 aromatic carbocycles. The molecule has 0 radical (unpaired) electrons. The Bertz CT molecular complexity index is 192. The second-order valence-electron chi connectivity index (χ2n) is 1.66. The third-order valence-electron chi connectivity index (χ3n) is 0.774. The molecule has 0 aromatic rings. The zero-order valence-corrected chi connectivity index (χ0v) is 6.77. The van der Waals surface area contributed by atoms with Gasteiger partial charge in [0, 0.05) is 7.05 Å². The van der Waals surface area contributed by atoms with Crippen LogP contribution in [-0.4, -0.2) is 24.2 Å². The third-order valence-corrected chi connectivity index (χ3v) is 1.08. The molecule has 0 heterocycles. The predicted octanol–water partition coefficient (Wildman–Crippen LogP) is -0.326. The fourth-order valence-electron chi connectivity index (χ4n) is 0.247. The Morgan fingerprint density at radius 3 is 2.17 bits per heavy atom. The Labute approximate surface area is 71.5 Å². The molecular formula is C4H6F3N3OS. The molecular weight excluding hydrogens is 195 g/mol. The molecule has 4 nitrogen and oxygen atoms in total. The summed E-state index contributed by atoms with van der Waals surface area (Å²) < 4.78 is 34.5. The Morgan fingerprint density at radius 1 is 1.33 bits per heavy atom. The molecule has 0 aliphatic carbocycles. The minimum absolute atomic E-state index is 0.104. The Balaban J connectivity index is 3.81. The first kappa shape index (κ1) is 11.0. The van der Waals surface area contributed by atoms with Crippen LogP contribution in [0.4, 0.5) is 13.2 Å². The molecule has 0 bridgehead atoms. The van der Waals surface area contributed by atoms with Crippen LogP contribution < -0.4 is 16.2 Å². The molecule has 3 N–H and O–H groups in total. The van der Waals surface area contributed by atoms with Gasteiger partial charge in [-0.2, -0.15) is 13.2 Å². The highest BCUT2D eigenvalue weighted by Gasteiger charge is 2.38. The highest BCUT2D eigenvalue weighted by atomic mass is 32.1. The van der Waals surface area contributed by atoms with Crippen LogP contribution in [0.2, 0.25) is 0 Å². The molecule has 0 spiro atoms. The minimum Gasteiger partial charge on any atom is -0.364 e. The van der Waals surface area contributed by atoms with Crippen molar-refractivity contribution in [2.45, 2.75) is 6.18 Å². The quantitative estimate of drug-likeness (QED) is 0.371. The Hall–Kier alpha value is -1.05. The van der Waals surface area contributed by atoms with Crippen LogP contribution in [0.5, 0.6) is 0 Å². The first-order valence-corrected chi connectivity index (χ1v) is 3.13. The molecule has 0 aliphatic rings. The van der Waals surface area contributed by atoms with Gasteiger partial charge in [0.25, 0.3) is 0 Å². The Morgan fingerprint density at radius 2 is 1.83 bits per heavy atom. The summed E-state index contributed by atoms with van der Waals surface area (Å²) in [7, 11) is 1.40. The molecule has 0 aliphatic heterocycles. The van der Waals surface area contributed by atoms with Crippen molar-refractivity contribution in [2.24, 2.45) is 0 Å². The lowest BCUT2D eigenvalue weighted by Crippen LogP contribution is -2.50. The molecule has 8 heteroatoms. The monoisotopic (exact) mass is 201 g/mol. The van der Waals surface area contributed by atoms with Gasteiger partial charge >= 0.3 is 12.1 Å². The van der Waals surface area contributed by atoms with Crippen molar-refractivity contribution in [3.8, 4) is 0 Å². The number of hydrazine groups is 1. The van der Waals surface area contributed by atoms with Gasteiger partial charge in [-0.05, 0) is 12.2 Å². The summed E-state index contributed by atoms with van der Waals surface area (Å²) in [5.74, 6) is -2.10. The normalized spacial score (nSPS) is 10.3. The van der Waals surface area contributed by atoms with E-state index in [0.29, 0.717) is 0 Å². The number of thiocarbonyl (C=S) groups is 1. The van der Waals surface area contributed by atoms with Crippen molar-refractivity contribution < 1.29 is 18.0 Å². The maximum absolute atomic E-state index is 11.5. The van der Waals surface area contributed by atoms with Crippen LogP contribution in [0.1, 0.15) is 0 Å². The lowest BCUT2D eigenvalue weighted by molar-refractivity contribution is -0.174. The summed E-state index contributed by atoms with van der Waals surface area (Å²) in [4.78, 5) is 10.1. The lowest BCUT2D eigenvalue weighted by Gasteiger charge is -2.09. The van der Waals surface area contributed by atoms with Crippen LogP contribution in [0, 0.1) is 0 Å². The smallest absolute Gasteiger partial charge is 0.364 e. The van der Waals surface area contributed by atoms with Crippen molar-refractivity contribution in [1.82, 2.24) is 16.2 Å². The van der Waals surface area contributed by atoms with Gasteiger partial charge in [0.2, 0.25) is 0 Å². The SMILES string of the molecule is CNC(=S)NNC(=O)C(F)(F)F. The van der Waals surface area contributed by atoms with Gasteiger partial charge in [0.1, 0.15) is 0 Å². The van der Waals surface area contributed by atoms with Crippen molar-refractivity contribution in [1.29, 1.82) is 0 Å². The van der Waals surface area contributed by atoms with E-state index in [1.807, 2.05) is 5.43 Å². The average Bonchev–Trinajstić information content (AvgIpc) is 1.97. The largest absolute Gasteiger partial charge is 0.472 e. The number of carbonyl (C=O) groups excluding carboxylic acids is 1. The number of hydrogen-bond donors (Lipinski definition) is 3.